The lowest BCUT2D eigenvalue weighted by atomic mass is 9.91. The van der Waals surface area contributed by atoms with Crippen LogP contribution in [0, 0.1) is 5.82 Å². The van der Waals surface area contributed by atoms with E-state index >= 15 is 0 Å². The van der Waals surface area contributed by atoms with E-state index in [1.807, 2.05) is 12.1 Å². The monoisotopic (exact) mass is 245 g/mol. The molecular formula is C14H16FN3. The Balaban J connectivity index is 1.89. The van der Waals surface area contributed by atoms with E-state index in [9.17, 15) is 4.39 Å². The number of hydrogen-bond donors (Lipinski definition) is 1. The molecule has 94 valence electrons. The molecule has 2 heterocycles. The molecule has 0 aliphatic carbocycles. The second-order valence-electron chi connectivity index (χ2n) is 4.72. The zero-order valence-corrected chi connectivity index (χ0v) is 10.1. The Kier molecular flexibility index (Phi) is 3.11. The standard InChI is InChI=1S/C14H16FN3/c15-13-8-11(12-2-1-5-16-9-12)3-4-14(13)18-7-6-17-10-18/h3-4,6-8,10,12,16H,1-2,5,9H2. The van der Waals surface area contributed by atoms with Crippen molar-refractivity contribution in [1.82, 2.24) is 14.9 Å². The first-order valence-electron chi connectivity index (χ1n) is 6.33. The number of nitrogens with zero attached hydrogens (tertiary/aromatic N) is 2. The minimum atomic E-state index is -0.184. The molecule has 2 aromatic rings. The second kappa shape index (κ2) is 4.90. The molecule has 1 aromatic heterocycles. The molecule has 0 bridgehead atoms. The summed E-state index contributed by atoms with van der Waals surface area (Å²) in [5.74, 6) is 0.251. The predicted octanol–water partition coefficient (Wildman–Crippen LogP) is 2.48. The Hall–Kier alpha value is -1.68. The molecule has 1 aliphatic heterocycles. The molecule has 1 aliphatic rings. The first kappa shape index (κ1) is 11.4. The number of rotatable bonds is 2. The van der Waals surface area contributed by atoms with Gasteiger partial charge >= 0.3 is 0 Å². The van der Waals surface area contributed by atoms with Crippen LogP contribution in [0.4, 0.5) is 4.39 Å². The summed E-state index contributed by atoms with van der Waals surface area (Å²) in [5, 5.41) is 3.36. The van der Waals surface area contributed by atoms with Gasteiger partial charge in [0.1, 0.15) is 5.82 Å². The van der Waals surface area contributed by atoms with Crippen molar-refractivity contribution < 1.29 is 4.39 Å². The third-order valence-electron chi connectivity index (χ3n) is 3.52. The molecule has 3 nitrogen and oxygen atoms in total. The summed E-state index contributed by atoms with van der Waals surface area (Å²) in [4.78, 5) is 3.94. The number of imidazole rings is 1. The molecule has 3 rings (SSSR count). The highest BCUT2D eigenvalue weighted by molar-refractivity contribution is 5.37. The molecule has 0 saturated carbocycles. The van der Waals surface area contributed by atoms with Gasteiger partial charge in [-0.05, 0) is 43.0 Å². The summed E-state index contributed by atoms with van der Waals surface area (Å²) in [6.45, 7) is 2.02. The van der Waals surface area contributed by atoms with Crippen molar-refractivity contribution in [3.05, 3.63) is 48.3 Å². The average molecular weight is 245 g/mol. The Bertz CT molecular complexity index is 516. The molecule has 18 heavy (non-hydrogen) atoms. The van der Waals surface area contributed by atoms with Crippen LogP contribution in [0.1, 0.15) is 24.3 Å². The Morgan fingerprint density at radius 2 is 2.33 bits per heavy atom. The van der Waals surface area contributed by atoms with Crippen LogP contribution >= 0.6 is 0 Å². The minimum absolute atomic E-state index is 0.184. The highest BCUT2D eigenvalue weighted by atomic mass is 19.1. The maximum absolute atomic E-state index is 14.1. The molecule has 4 heteroatoms. The molecular weight excluding hydrogens is 229 g/mol. The quantitative estimate of drug-likeness (QED) is 0.881. The van der Waals surface area contributed by atoms with E-state index in [1.165, 1.54) is 0 Å². The molecule has 1 atom stereocenters. The highest BCUT2D eigenvalue weighted by Crippen LogP contribution is 2.25. The summed E-state index contributed by atoms with van der Waals surface area (Å²) >= 11 is 0. The molecule has 1 N–H and O–H groups in total. The van der Waals surface area contributed by atoms with E-state index in [-0.39, 0.29) is 5.82 Å². The van der Waals surface area contributed by atoms with Crippen LogP contribution in [0.15, 0.2) is 36.9 Å². The van der Waals surface area contributed by atoms with Crippen molar-refractivity contribution in [1.29, 1.82) is 0 Å². The van der Waals surface area contributed by atoms with Gasteiger partial charge in [-0.15, -0.1) is 0 Å². The van der Waals surface area contributed by atoms with Gasteiger partial charge in [-0.2, -0.15) is 0 Å². The normalized spacial score (nSPS) is 19.9. The summed E-state index contributed by atoms with van der Waals surface area (Å²) in [6.07, 6.45) is 7.31. The van der Waals surface area contributed by atoms with Crippen LogP contribution in [-0.2, 0) is 0 Å². The Labute approximate surface area is 106 Å². The molecule has 0 spiro atoms. The van der Waals surface area contributed by atoms with Crippen molar-refractivity contribution >= 4 is 0 Å². The first-order chi connectivity index (χ1) is 8.84. The van der Waals surface area contributed by atoms with Crippen molar-refractivity contribution in [2.75, 3.05) is 13.1 Å². The number of piperidine rings is 1. The fourth-order valence-electron chi connectivity index (χ4n) is 2.52. The summed E-state index contributed by atoms with van der Waals surface area (Å²) in [7, 11) is 0. The topological polar surface area (TPSA) is 29.9 Å². The molecule has 0 radical (unpaired) electrons. The van der Waals surface area contributed by atoms with E-state index in [4.69, 9.17) is 0 Å². The van der Waals surface area contributed by atoms with E-state index in [1.54, 1.807) is 29.4 Å². The summed E-state index contributed by atoms with van der Waals surface area (Å²) in [6, 6.07) is 5.52. The lowest BCUT2D eigenvalue weighted by molar-refractivity contribution is 0.459. The van der Waals surface area contributed by atoms with Crippen LogP contribution in [0.3, 0.4) is 0 Å². The smallest absolute Gasteiger partial charge is 0.147 e. The molecule has 1 aromatic carbocycles. The number of halogens is 1. The van der Waals surface area contributed by atoms with Gasteiger partial charge in [-0.1, -0.05) is 6.07 Å². The van der Waals surface area contributed by atoms with Crippen molar-refractivity contribution in [3.63, 3.8) is 0 Å². The maximum Gasteiger partial charge on any atom is 0.147 e. The van der Waals surface area contributed by atoms with Gasteiger partial charge in [-0.3, -0.25) is 0 Å². The van der Waals surface area contributed by atoms with Crippen molar-refractivity contribution in [2.24, 2.45) is 0 Å². The zero-order valence-electron chi connectivity index (χ0n) is 10.1. The lowest BCUT2D eigenvalue weighted by Gasteiger charge is -2.23. The third-order valence-corrected chi connectivity index (χ3v) is 3.52. The Morgan fingerprint density at radius 3 is 3.00 bits per heavy atom. The predicted molar refractivity (Wildman–Crippen MR) is 68.4 cm³/mol. The number of nitrogens with one attached hydrogen (secondary N) is 1. The maximum atomic E-state index is 14.1. The first-order valence-corrected chi connectivity index (χ1v) is 6.33. The Morgan fingerprint density at radius 1 is 1.39 bits per heavy atom. The fourth-order valence-corrected chi connectivity index (χ4v) is 2.52. The van der Waals surface area contributed by atoms with Gasteiger partial charge in [0, 0.05) is 18.9 Å². The molecule has 1 fully saturated rings. The average Bonchev–Trinajstić information content (AvgIpc) is 2.93. The molecule has 0 amide bonds. The SMILES string of the molecule is Fc1cc(C2CCCNC2)ccc1-n1ccnc1. The minimum Gasteiger partial charge on any atom is -0.316 e. The third kappa shape index (κ3) is 2.16. The van der Waals surface area contributed by atoms with Gasteiger partial charge < -0.3 is 9.88 Å². The lowest BCUT2D eigenvalue weighted by Crippen LogP contribution is -2.28. The van der Waals surface area contributed by atoms with Crippen LogP contribution in [0.5, 0.6) is 0 Å². The van der Waals surface area contributed by atoms with Gasteiger partial charge in [0.25, 0.3) is 0 Å². The van der Waals surface area contributed by atoms with E-state index in [2.05, 4.69) is 10.3 Å². The van der Waals surface area contributed by atoms with Gasteiger partial charge in [0.05, 0.1) is 12.0 Å². The van der Waals surface area contributed by atoms with Gasteiger partial charge in [0.15, 0.2) is 0 Å². The van der Waals surface area contributed by atoms with E-state index in [0.29, 0.717) is 11.6 Å². The van der Waals surface area contributed by atoms with E-state index < -0.39 is 0 Å². The van der Waals surface area contributed by atoms with Crippen molar-refractivity contribution in [2.45, 2.75) is 18.8 Å². The van der Waals surface area contributed by atoms with Crippen LogP contribution in [-0.4, -0.2) is 22.6 Å². The van der Waals surface area contributed by atoms with Crippen molar-refractivity contribution in [3.8, 4) is 5.69 Å². The van der Waals surface area contributed by atoms with Crippen LogP contribution in [0.2, 0.25) is 0 Å². The highest BCUT2D eigenvalue weighted by Gasteiger charge is 2.16. The van der Waals surface area contributed by atoms with Crippen LogP contribution < -0.4 is 5.32 Å². The van der Waals surface area contributed by atoms with Crippen LogP contribution in [0.25, 0.3) is 5.69 Å². The molecule has 1 saturated heterocycles. The fraction of sp³-hybridized carbons (Fsp3) is 0.357. The summed E-state index contributed by atoms with van der Waals surface area (Å²) in [5.41, 5.74) is 1.64. The zero-order chi connectivity index (χ0) is 12.4. The molecule has 1 unspecified atom stereocenters. The number of hydrogen-bond acceptors (Lipinski definition) is 2. The second-order valence-corrected chi connectivity index (χ2v) is 4.72. The van der Waals surface area contributed by atoms with Gasteiger partial charge in [-0.25, -0.2) is 9.37 Å². The number of aromatic nitrogens is 2. The number of benzene rings is 1. The van der Waals surface area contributed by atoms with E-state index in [0.717, 1.165) is 31.5 Å². The summed E-state index contributed by atoms with van der Waals surface area (Å²) < 4.78 is 15.8. The largest absolute Gasteiger partial charge is 0.316 e. The van der Waals surface area contributed by atoms with Gasteiger partial charge in [0.2, 0.25) is 0 Å².